The Hall–Kier alpha value is -0.480. The number of carbonyl (C=O) groups excluding carboxylic acids is 2. The van der Waals surface area contributed by atoms with Gasteiger partial charge in [-0.25, -0.2) is 0 Å². The third-order valence-corrected chi connectivity index (χ3v) is 5.42. The van der Waals surface area contributed by atoms with Crippen molar-refractivity contribution in [3.05, 3.63) is 0 Å². The normalized spacial score (nSPS) is 28.9. The van der Waals surface area contributed by atoms with E-state index in [4.69, 9.17) is 23.2 Å². The summed E-state index contributed by atoms with van der Waals surface area (Å²) in [6, 6.07) is 0. The maximum absolute atomic E-state index is 12.0. The summed E-state index contributed by atoms with van der Waals surface area (Å²) in [6.45, 7) is 3.89. The minimum Gasteiger partial charge on any atom is -0.355 e. The maximum atomic E-state index is 12.0. The SMILES string of the molecule is CC1(C(=O)NCCCN2CCCCCC2=O)CC1(Cl)Cl. The second kappa shape index (κ2) is 6.10. The molecule has 0 radical (unpaired) electrons. The average molecular weight is 321 g/mol. The lowest BCUT2D eigenvalue weighted by Crippen LogP contribution is -2.37. The fourth-order valence-corrected chi connectivity index (χ4v) is 3.29. The summed E-state index contributed by atoms with van der Waals surface area (Å²) in [6.07, 6.45) is 5.14. The molecule has 6 heteroatoms. The van der Waals surface area contributed by atoms with Crippen molar-refractivity contribution in [3.8, 4) is 0 Å². The van der Waals surface area contributed by atoms with Gasteiger partial charge in [0.05, 0.1) is 5.41 Å². The van der Waals surface area contributed by atoms with Crippen LogP contribution in [-0.4, -0.2) is 40.7 Å². The Bertz CT molecular complexity index is 401. The van der Waals surface area contributed by atoms with Crippen LogP contribution in [0.25, 0.3) is 0 Å². The summed E-state index contributed by atoms with van der Waals surface area (Å²) in [5, 5.41) is 2.86. The van der Waals surface area contributed by atoms with Gasteiger partial charge in [0.1, 0.15) is 4.33 Å². The molecule has 2 rings (SSSR count). The van der Waals surface area contributed by atoms with Crippen LogP contribution in [0.2, 0.25) is 0 Å². The molecule has 4 nitrogen and oxygen atoms in total. The summed E-state index contributed by atoms with van der Waals surface area (Å²) in [7, 11) is 0. The molecule has 1 N–H and O–H groups in total. The number of hydrogen-bond acceptors (Lipinski definition) is 2. The summed E-state index contributed by atoms with van der Waals surface area (Å²) in [4.78, 5) is 25.7. The molecule has 2 fully saturated rings. The number of alkyl halides is 2. The number of amides is 2. The highest BCUT2D eigenvalue weighted by molar-refractivity contribution is 6.53. The van der Waals surface area contributed by atoms with E-state index in [1.165, 1.54) is 0 Å². The van der Waals surface area contributed by atoms with Crippen LogP contribution in [0.3, 0.4) is 0 Å². The molecule has 1 unspecified atom stereocenters. The number of likely N-dealkylation sites (tertiary alicyclic amines) is 1. The van der Waals surface area contributed by atoms with E-state index in [2.05, 4.69) is 5.32 Å². The number of nitrogens with one attached hydrogen (secondary N) is 1. The number of halogens is 2. The molecule has 1 heterocycles. The van der Waals surface area contributed by atoms with E-state index in [-0.39, 0.29) is 11.8 Å². The molecule has 1 saturated heterocycles. The minimum atomic E-state index is -0.919. The lowest BCUT2D eigenvalue weighted by molar-refractivity contribution is -0.130. The van der Waals surface area contributed by atoms with Gasteiger partial charge in [-0.2, -0.15) is 0 Å². The molecular weight excluding hydrogens is 299 g/mol. The highest BCUT2D eigenvalue weighted by Crippen LogP contribution is 2.63. The molecule has 0 aromatic rings. The smallest absolute Gasteiger partial charge is 0.229 e. The molecule has 2 aliphatic rings. The molecule has 0 aromatic carbocycles. The third kappa shape index (κ3) is 3.40. The molecule has 0 bridgehead atoms. The van der Waals surface area contributed by atoms with Crippen LogP contribution in [0.1, 0.15) is 45.4 Å². The minimum absolute atomic E-state index is 0.0929. The van der Waals surface area contributed by atoms with Gasteiger partial charge in [-0.3, -0.25) is 9.59 Å². The highest BCUT2D eigenvalue weighted by atomic mass is 35.5. The van der Waals surface area contributed by atoms with Gasteiger partial charge < -0.3 is 10.2 Å². The zero-order chi connectivity index (χ0) is 14.8. The Balaban J connectivity index is 1.66. The van der Waals surface area contributed by atoms with E-state index < -0.39 is 9.75 Å². The van der Waals surface area contributed by atoms with Crippen LogP contribution in [0.4, 0.5) is 0 Å². The van der Waals surface area contributed by atoms with E-state index in [1.807, 2.05) is 4.90 Å². The predicted octanol–water partition coefficient (Wildman–Crippen LogP) is 2.48. The molecule has 1 aliphatic heterocycles. The molecule has 0 aromatic heterocycles. The van der Waals surface area contributed by atoms with Crippen molar-refractivity contribution in [2.24, 2.45) is 5.41 Å². The molecule has 1 saturated carbocycles. The van der Waals surface area contributed by atoms with E-state index >= 15 is 0 Å². The van der Waals surface area contributed by atoms with Crippen molar-refractivity contribution in [2.45, 2.75) is 49.8 Å². The van der Waals surface area contributed by atoms with E-state index in [9.17, 15) is 9.59 Å². The Morgan fingerprint density at radius 2 is 2.05 bits per heavy atom. The van der Waals surface area contributed by atoms with E-state index in [0.717, 1.165) is 32.2 Å². The first-order valence-corrected chi connectivity index (χ1v) is 8.06. The Morgan fingerprint density at radius 3 is 2.70 bits per heavy atom. The monoisotopic (exact) mass is 320 g/mol. The third-order valence-electron chi connectivity index (χ3n) is 4.32. The summed E-state index contributed by atoms with van der Waals surface area (Å²) >= 11 is 11.9. The number of hydrogen-bond donors (Lipinski definition) is 1. The van der Waals surface area contributed by atoms with Gasteiger partial charge in [0, 0.05) is 26.1 Å². The van der Waals surface area contributed by atoms with Gasteiger partial charge in [-0.15, -0.1) is 23.2 Å². The van der Waals surface area contributed by atoms with Crippen molar-refractivity contribution in [2.75, 3.05) is 19.6 Å². The zero-order valence-electron chi connectivity index (χ0n) is 11.9. The predicted molar refractivity (Wildman–Crippen MR) is 79.8 cm³/mol. The van der Waals surface area contributed by atoms with Crippen molar-refractivity contribution < 1.29 is 9.59 Å². The summed E-state index contributed by atoms with van der Waals surface area (Å²) in [5.74, 6) is 0.146. The van der Waals surface area contributed by atoms with Gasteiger partial charge in [-0.05, 0) is 32.6 Å². The van der Waals surface area contributed by atoms with Crippen LogP contribution in [0.5, 0.6) is 0 Å². The highest BCUT2D eigenvalue weighted by Gasteiger charge is 2.67. The van der Waals surface area contributed by atoms with E-state index in [0.29, 0.717) is 25.9 Å². The van der Waals surface area contributed by atoms with Crippen LogP contribution >= 0.6 is 23.2 Å². The quantitative estimate of drug-likeness (QED) is 0.625. The fourth-order valence-electron chi connectivity index (χ4n) is 2.59. The van der Waals surface area contributed by atoms with Gasteiger partial charge >= 0.3 is 0 Å². The standard InChI is InChI=1S/C14H22Cl2N2O2/c1-13(10-14(13,15)16)12(20)17-7-5-9-18-8-4-2-3-6-11(18)19/h2-10H2,1H3,(H,17,20). The topological polar surface area (TPSA) is 49.4 Å². The van der Waals surface area contributed by atoms with E-state index in [1.54, 1.807) is 6.92 Å². The van der Waals surface area contributed by atoms with Crippen LogP contribution in [0, 0.1) is 5.41 Å². The van der Waals surface area contributed by atoms with Gasteiger partial charge in [0.15, 0.2) is 0 Å². The summed E-state index contributed by atoms with van der Waals surface area (Å²) in [5.41, 5.74) is -0.658. The van der Waals surface area contributed by atoms with Gasteiger partial charge in [-0.1, -0.05) is 6.42 Å². The average Bonchev–Trinajstić information content (AvgIpc) is 2.98. The van der Waals surface area contributed by atoms with Crippen molar-refractivity contribution >= 4 is 35.0 Å². The van der Waals surface area contributed by atoms with Crippen LogP contribution < -0.4 is 5.32 Å². The number of rotatable bonds is 5. The molecule has 20 heavy (non-hydrogen) atoms. The Morgan fingerprint density at radius 1 is 1.35 bits per heavy atom. The molecular formula is C14H22Cl2N2O2. The largest absolute Gasteiger partial charge is 0.355 e. The number of carbonyl (C=O) groups is 2. The summed E-state index contributed by atoms with van der Waals surface area (Å²) < 4.78 is -0.919. The van der Waals surface area contributed by atoms with Gasteiger partial charge in [0.2, 0.25) is 11.8 Å². The van der Waals surface area contributed by atoms with Gasteiger partial charge in [0.25, 0.3) is 0 Å². The van der Waals surface area contributed by atoms with Crippen molar-refractivity contribution in [1.82, 2.24) is 10.2 Å². The zero-order valence-corrected chi connectivity index (χ0v) is 13.4. The molecule has 0 spiro atoms. The first-order valence-electron chi connectivity index (χ1n) is 7.31. The Labute approximate surface area is 130 Å². The first-order chi connectivity index (χ1) is 9.37. The molecule has 1 aliphatic carbocycles. The molecule has 2 amide bonds. The fraction of sp³-hybridized carbons (Fsp3) is 0.857. The van der Waals surface area contributed by atoms with Crippen LogP contribution in [0.15, 0.2) is 0 Å². The first kappa shape index (κ1) is 15.9. The molecule has 114 valence electrons. The molecule has 1 atom stereocenters. The lowest BCUT2D eigenvalue weighted by atomic mass is 10.1. The van der Waals surface area contributed by atoms with Crippen molar-refractivity contribution in [1.29, 1.82) is 0 Å². The lowest BCUT2D eigenvalue weighted by Gasteiger charge is -2.20. The second-order valence-corrected chi connectivity index (χ2v) is 7.50. The number of nitrogens with zero attached hydrogens (tertiary/aromatic N) is 1. The Kier molecular flexibility index (Phi) is 4.85. The second-order valence-electron chi connectivity index (χ2n) is 6.01. The van der Waals surface area contributed by atoms with Crippen LogP contribution in [-0.2, 0) is 9.59 Å². The van der Waals surface area contributed by atoms with Crippen molar-refractivity contribution in [3.63, 3.8) is 0 Å². The maximum Gasteiger partial charge on any atom is 0.229 e.